The summed E-state index contributed by atoms with van der Waals surface area (Å²) in [6, 6.07) is 10.1. The number of halogens is 1. The highest BCUT2D eigenvalue weighted by Crippen LogP contribution is 2.17. The van der Waals surface area contributed by atoms with E-state index in [2.05, 4.69) is 10.6 Å². The SMILES string of the molecule is Cc1cccc(C(=O)OCC(=O)NCC(=O)Nc2ccc(F)cc2)c1N. The zero-order chi connectivity index (χ0) is 19.1. The first-order valence-corrected chi connectivity index (χ1v) is 7.71. The van der Waals surface area contributed by atoms with Crippen molar-refractivity contribution in [1.82, 2.24) is 5.32 Å². The molecule has 4 N–H and O–H groups in total. The van der Waals surface area contributed by atoms with Crippen molar-refractivity contribution >= 4 is 29.2 Å². The highest BCUT2D eigenvalue weighted by atomic mass is 19.1. The Balaban J connectivity index is 1.76. The van der Waals surface area contributed by atoms with E-state index in [-0.39, 0.29) is 17.8 Å². The minimum absolute atomic E-state index is 0.173. The summed E-state index contributed by atoms with van der Waals surface area (Å²) in [5, 5.41) is 4.80. The first-order chi connectivity index (χ1) is 12.4. The molecular formula is C18H18FN3O4. The zero-order valence-corrected chi connectivity index (χ0v) is 14.0. The average molecular weight is 359 g/mol. The largest absolute Gasteiger partial charge is 0.452 e. The number of esters is 1. The fourth-order valence-corrected chi connectivity index (χ4v) is 2.04. The van der Waals surface area contributed by atoms with E-state index in [0.29, 0.717) is 5.69 Å². The summed E-state index contributed by atoms with van der Waals surface area (Å²) >= 11 is 0. The van der Waals surface area contributed by atoms with Crippen LogP contribution in [0.1, 0.15) is 15.9 Å². The van der Waals surface area contributed by atoms with E-state index in [9.17, 15) is 18.8 Å². The van der Waals surface area contributed by atoms with Crippen LogP contribution in [-0.4, -0.2) is 30.9 Å². The number of para-hydroxylation sites is 1. The number of nitrogen functional groups attached to an aromatic ring is 1. The third-order valence-electron chi connectivity index (χ3n) is 3.45. The van der Waals surface area contributed by atoms with E-state index >= 15 is 0 Å². The quantitative estimate of drug-likeness (QED) is 0.536. The Morgan fingerprint density at radius 3 is 2.46 bits per heavy atom. The van der Waals surface area contributed by atoms with Crippen molar-refractivity contribution in [3.63, 3.8) is 0 Å². The number of anilines is 2. The molecule has 136 valence electrons. The fourth-order valence-electron chi connectivity index (χ4n) is 2.04. The van der Waals surface area contributed by atoms with Crippen LogP contribution in [0.15, 0.2) is 42.5 Å². The lowest BCUT2D eigenvalue weighted by Crippen LogP contribution is -2.35. The van der Waals surface area contributed by atoms with E-state index in [4.69, 9.17) is 10.5 Å². The van der Waals surface area contributed by atoms with Crippen molar-refractivity contribution in [2.75, 3.05) is 24.2 Å². The Kier molecular flexibility index (Phi) is 6.26. The smallest absolute Gasteiger partial charge is 0.340 e. The van der Waals surface area contributed by atoms with Crippen LogP contribution in [-0.2, 0) is 14.3 Å². The predicted molar refractivity (Wildman–Crippen MR) is 93.9 cm³/mol. The van der Waals surface area contributed by atoms with Gasteiger partial charge >= 0.3 is 5.97 Å². The summed E-state index contributed by atoms with van der Waals surface area (Å²) in [5.74, 6) is -2.29. The maximum atomic E-state index is 12.8. The Bertz CT molecular complexity index is 822. The monoisotopic (exact) mass is 359 g/mol. The molecule has 8 heteroatoms. The van der Waals surface area contributed by atoms with Gasteiger partial charge in [-0.05, 0) is 42.8 Å². The summed E-state index contributed by atoms with van der Waals surface area (Å²) in [6.07, 6.45) is 0. The van der Waals surface area contributed by atoms with Gasteiger partial charge in [0.1, 0.15) is 5.82 Å². The van der Waals surface area contributed by atoms with Crippen molar-refractivity contribution in [2.45, 2.75) is 6.92 Å². The molecule has 26 heavy (non-hydrogen) atoms. The number of aryl methyl sites for hydroxylation is 1. The number of ether oxygens (including phenoxy) is 1. The number of carbonyl (C=O) groups is 3. The van der Waals surface area contributed by atoms with Gasteiger partial charge in [-0.3, -0.25) is 9.59 Å². The minimum Gasteiger partial charge on any atom is -0.452 e. The van der Waals surface area contributed by atoms with E-state index in [0.717, 1.165) is 5.56 Å². The maximum absolute atomic E-state index is 12.8. The first-order valence-electron chi connectivity index (χ1n) is 7.71. The van der Waals surface area contributed by atoms with Gasteiger partial charge in [-0.2, -0.15) is 0 Å². The van der Waals surface area contributed by atoms with Crippen LogP contribution in [0.4, 0.5) is 15.8 Å². The van der Waals surface area contributed by atoms with Gasteiger partial charge in [0.05, 0.1) is 12.1 Å². The Labute approximate surface area is 149 Å². The van der Waals surface area contributed by atoms with Crippen molar-refractivity contribution in [3.05, 3.63) is 59.4 Å². The van der Waals surface area contributed by atoms with Gasteiger partial charge in [0, 0.05) is 11.4 Å². The van der Waals surface area contributed by atoms with Crippen molar-refractivity contribution < 1.29 is 23.5 Å². The number of hydrogen-bond donors (Lipinski definition) is 3. The van der Waals surface area contributed by atoms with Gasteiger partial charge in [-0.25, -0.2) is 9.18 Å². The van der Waals surface area contributed by atoms with Crippen LogP contribution >= 0.6 is 0 Å². The van der Waals surface area contributed by atoms with Crippen LogP contribution < -0.4 is 16.4 Å². The molecule has 0 aliphatic heterocycles. The summed E-state index contributed by atoms with van der Waals surface area (Å²) in [5.41, 5.74) is 7.37. The van der Waals surface area contributed by atoms with Crippen molar-refractivity contribution in [3.8, 4) is 0 Å². The molecule has 0 aliphatic carbocycles. The summed E-state index contributed by atoms with van der Waals surface area (Å²) in [6.45, 7) is 0.884. The number of amides is 2. The lowest BCUT2D eigenvalue weighted by Gasteiger charge is -2.09. The summed E-state index contributed by atoms with van der Waals surface area (Å²) in [4.78, 5) is 35.3. The second kappa shape index (κ2) is 8.61. The molecule has 0 atom stereocenters. The van der Waals surface area contributed by atoms with Gasteiger partial charge in [0.2, 0.25) is 5.91 Å². The maximum Gasteiger partial charge on any atom is 0.340 e. The number of benzene rings is 2. The molecule has 7 nitrogen and oxygen atoms in total. The normalized spacial score (nSPS) is 10.1. The number of nitrogens with two attached hydrogens (primary N) is 1. The van der Waals surface area contributed by atoms with Gasteiger partial charge in [-0.15, -0.1) is 0 Å². The Morgan fingerprint density at radius 1 is 1.08 bits per heavy atom. The zero-order valence-electron chi connectivity index (χ0n) is 14.0. The molecule has 2 amide bonds. The molecule has 0 radical (unpaired) electrons. The number of rotatable bonds is 6. The molecule has 0 heterocycles. The van der Waals surface area contributed by atoms with Crippen LogP contribution in [0.25, 0.3) is 0 Å². The van der Waals surface area contributed by atoms with E-state index < -0.39 is 30.2 Å². The number of hydrogen-bond acceptors (Lipinski definition) is 5. The molecule has 0 saturated carbocycles. The van der Waals surface area contributed by atoms with Gasteiger partial charge in [0.25, 0.3) is 5.91 Å². The number of nitrogens with one attached hydrogen (secondary N) is 2. The second-order valence-corrected chi connectivity index (χ2v) is 5.44. The molecule has 0 aromatic heterocycles. The van der Waals surface area contributed by atoms with Gasteiger partial charge in [0.15, 0.2) is 6.61 Å². The van der Waals surface area contributed by atoms with E-state index in [1.165, 1.54) is 30.3 Å². The van der Waals surface area contributed by atoms with Gasteiger partial charge in [-0.1, -0.05) is 12.1 Å². The topological polar surface area (TPSA) is 111 Å². The van der Waals surface area contributed by atoms with Crippen LogP contribution in [0.5, 0.6) is 0 Å². The highest BCUT2D eigenvalue weighted by molar-refractivity contribution is 5.97. The summed E-state index contributed by atoms with van der Waals surface area (Å²) < 4.78 is 17.7. The van der Waals surface area contributed by atoms with Crippen LogP contribution in [0.2, 0.25) is 0 Å². The van der Waals surface area contributed by atoms with Gasteiger partial charge < -0.3 is 21.1 Å². The Hall–Kier alpha value is -3.42. The Morgan fingerprint density at radius 2 is 1.77 bits per heavy atom. The third kappa shape index (κ3) is 5.30. The molecule has 2 aromatic carbocycles. The lowest BCUT2D eigenvalue weighted by atomic mass is 10.1. The highest BCUT2D eigenvalue weighted by Gasteiger charge is 2.14. The fraction of sp³-hybridized carbons (Fsp3) is 0.167. The molecule has 0 spiro atoms. The predicted octanol–water partition coefficient (Wildman–Crippen LogP) is 1.63. The average Bonchev–Trinajstić information content (AvgIpc) is 2.62. The molecule has 0 fully saturated rings. The van der Waals surface area contributed by atoms with E-state index in [1.807, 2.05) is 0 Å². The van der Waals surface area contributed by atoms with Crippen molar-refractivity contribution in [1.29, 1.82) is 0 Å². The van der Waals surface area contributed by atoms with Crippen molar-refractivity contribution in [2.24, 2.45) is 0 Å². The molecule has 2 aromatic rings. The molecule has 0 unspecified atom stereocenters. The first kappa shape index (κ1) is 18.9. The lowest BCUT2D eigenvalue weighted by molar-refractivity contribution is -0.126. The molecule has 2 rings (SSSR count). The second-order valence-electron chi connectivity index (χ2n) is 5.44. The van der Waals surface area contributed by atoms with Crippen LogP contribution in [0, 0.1) is 12.7 Å². The van der Waals surface area contributed by atoms with Crippen LogP contribution in [0.3, 0.4) is 0 Å². The molecular weight excluding hydrogens is 341 g/mol. The van der Waals surface area contributed by atoms with E-state index in [1.54, 1.807) is 19.1 Å². The number of carbonyl (C=O) groups excluding carboxylic acids is 3. The standard InChI is InChI=1S/C18H18FN3O4/c1-11-3-2-4-14(17(11)20)18(25)26-10-16(24)21-9-15(23)22-13-7-5-12(19)6-8-13/h2-8H,9-10,20H2,1H3,(H,21,24)(H,22,23). The molecule has 0 bridgehead atoms. The molecule has 0 aliphatic rings. The summed E-state index contributed by atoms with van der Waals surface area (Å²) in [7, 11) is 0. The minimum atomic E-state index is -0.725. The third-order valence-corrected chi connectivity index (χ3v) is 3.45. The molecule has 0 saturated heterocycles.